The third kappa shape index (κ3) is 4.35. The van der Waals surface area contributed by atoms with Gasteiger partial charge in [-0.05, 0) is 88.6 Å². The van der Waals surface area contributed by atoms with Gasteiger partial charge in [0.05, 0.1) is 0 Å². The van der Waals surface area contributed by atoms with Crippen molar-refractivity contribution in [2.75, 3.05) is 4.90 Å². The number of anilines is 3. The maximum absolute atomic E-state index is 6.37. The molecule has 4 nitrogen and oxygen atoms in total. The van der Waals surface area contributed by atoms with Gasteiger partial charge in [-0.15, -0.1) is 0 Å². The number of hydrogen-bond acceptors (Lipinski definition) is 4. The van der Waals surface area contributed by atoms with Crippen molar-refractivity contribution in [2.45, 2.75) is 0 Å². The zero-order valence-electron chi connectivity index (χ0n) is 24.2. The lowest BCUT2D eigenvalue weighted by Crippen LogP contribution is -2.09. The summed E-state index contributed by atoms with van der Waals surface area (Å²) in [5.74, 6) is 0.581. The molecule has 0 radical (unpaired) electrons. The Morgan fingerprint density at radius 2 is 1.13 bits per heavy atom. The monoisotopic (exact) mass is 578 g/mol. The van der Waals surface area contributed by atoms with E-state index in [1.54, 1.807) is 0 Å². The van der Waals surface area contributed by atoms with Crippen LogP contribution >= 0.6 is 0 Å². The zero-order valence-corrected chi connectivity index (χ0v) is 24.2. The molecular formula is C41H26N2O2. The third-order valence-corrected chi connectivity index (χ3v) is 8.48. The molecular weight excluding hydrogens is 552 g/mol. The molecule has 0 saturated heterocycles. The van der Waals surface area contributed by atoms with E-state index in [1.165, 1.54) is 21.9 Å². The molecule has 7 aromatic carbocycles. The first-order valence-corrected chi connectivity index (χ1v) is 15.0. The fourth-order valence-corrected chi connectivity index (χ4v) is 6.32. The number of para-hydroxylation sites is 2. The lowest BCUT2D eigenvalue weighted by molar-refractivity contribution is 0.620. The molecule has 0 saturated carbocycles. The van der Waals surface area contributed by atoms with Crippen LogP contribution in [0.2, 0.25) is 0 Å². The maximum atomic E-state index is 6.37. The van der Waals surface area contributed by atoms with Crippen LogP contribution in [-0.4, -0.2) is 4.98 Å². The van der Waals surface area contributed by atoms with Crippen LogP contribution in [0.25, 0.3) is 66.4 Å². The maximum Gasteiger partial charge on any atom is 0.228 e. The van der Waals surface area contributed by atoms with Crippen LogP contribution in [0.1, 0.15) is 0 Å². The van der Waals surface area contributed by atoms with Gasteiger partial charge in [0, 0.05) is 33.4 Å². The number of fused-ring (bicyclic) bond motifs is 5. The quantitative estimate of drug-likeness (QED) is 0.204. The minimum atomic E-state index is 0.581. The summed E-state index contributed by atoms with van der Waals surface area (Å²) in [7, 11) is 0. The van der Waals surface area contributed by atoms with Gasteiger partial charge in [-0.3, -0.25) is 0 Å². The van der Waals surface area contributed by atoms with Gasteiger partial charge in [0.25, 0.3) is 0 Å². The van der Waals surface area contributed by atoms with E-state index >= 15 is 0 Å². The standard InChI is InChI=1S/C41H26N2O2/c1-2-9-27(10-3-1)29-17-20-31(21-18-29)43(32-22-19-28-11-4-5-12-30(28)25-32)33-23-24-37-35(26-33)40-34(13-8-16-39(40)44-37)41-42-36-14-6-7-15-38(36)45-41/h1-26H. The molecule has 0 atom stereocenters. The van der Waals surface area contributed by atoms with Crippen LogP contribution in [0.5, 0.6) is 0 Å². The summed E-state index contributed by atoms with van der Waals surface area (Å²) < 4.78 is 12.6. The molecule has 45 heavy (non-hydrogen) atoms. The van der Waals surface area contributed by atoms with Gasteiger partial charge in [0.15, 0.2) is 5.58 Å². The molecule has 0 spiro atoms. The molecule has 0 aliphatic heterocycles. The van der Waals surface area contributed by atoms with Gasteiger partial charge in [-0.25, -0.2) is 4.98 Å². The highest BCUT2D eigenvalue weighted by atomic mass is 16.3. The van der Waals surface area contributed by atoms with Crippen LogP contribution in [0.3, 0.4) is 0 Å². The Bertz CT molecular complexity index is 2460. The van der Waals surface area contributed by atoms with Crippen LogP contribution in [0.4, 0.5) is 17.1 Å². The lowest BCUT2D eigenvalue weighted by Gasteiger charge is -2.26. The van der Waals surface area contributed by atoms with Gasteiger partial charge in [-0.2, -0.15) is 0 Å². The largest absolute Gasteiger partial charge is 0.456 e. The molecule has 0 fully saturated rings. The van der Waals surface area contributed by atoms with Gasteiger partial charge in [-0.1, -0.05) is 91.0 Å². The zero-order chi connectivity index (χ0) is 29.7. The first kappa shape index (κ1) is 25.4. The van der Waals surface area contributed by atoms with Gasteiger partial charge in [0.2, 0.25) is 5.89 Å². The smallest absolute Gasteiger partial charge is 0.228 e. The Morgan fingerprint density at radius 1 is 0.444 bits per heavy atom. The number of aromatic nitrogens is 1. The fourth-order valence-electron chi connectivity index (χ4n) is 6.32. The number of nitrogens with zero attached hydrogens (tertiary/aromatic N) is 2. The highest BCUT2D eigenvalue weighted by Crippen LogP contribution is 2.42. The predicted octanol–water partition coefficient (Wildman–Crippen LogP) is 11.7. The van der Waals surface area contributed by atoms with Crippen molar-refractivity contribution in [2.24, 2.45) is 0 Å². The van der Waals surface area contributed by atoms with Crippen LogP contribution < -0.4 is 4.90 Å². The van der Waals surface area contributed by atoms with E-state index in [1.807, 2.05) is 42.5 Å². The summed E-state index contributed by atoms with van der Waals surface area (Å²) in [6, 6.07) is 54.7. The number of hydrogen-bond donors (Lipinski definition) is 0. The van der Waals surface area contributed by atoms with E-state index in [-0.39, 0.29) is 0 Å². The summed E-state index contributed by atoms with van der Waals surface area (Å²) in [5.41, 5.74) is 9.66. The lowest BCUT2D eigenvalue weighted by atomic mass is 10.0. The number of benzene rings is 7. The van der Waals surface area contributed by atoms with Crippen molar-refractivity contribution in [3.63, 3.8) is 0 Å². The molecule has 9 rings (SSSR count). The van der Waals surface area contributed by atoms with Crippen molar-refractivity contribution < 1.29 is 8.83 Å². The average molecular weight is 579 g/mol. The predicted molar refractivity (Wildman–Crippen MR) is 184 cm³/mol. The summed E-state index contributed by atoms with van der Waals surface area (Å²) in [5, 5.41) is 4.39. The van der Waals surface area contributed by atoms with Crippen molar-refractivity contribution >= 4 is 60.9 Å². The molecule has 212 valence electrons. The normalized spacial score (nSPS) is 11.6. The highest BCUT2D eigenvalue weighted by Gasteiger charge is 2.20. The van der Waals surface area contributed by atoms with Crippen molar-refractivity contribution in [3.8, 4) is 22.6 Å². The van der Waals surface area contributed by atoms with Crippen molar-refractivity contribution in [3.05, 3.63) is 158 Å². The Balaban J connectivity index is 1.24. The van der Waals surface area contributed by atoms with Gasteiger partial charge < -0.3 is 13.7 Å². The third-order valence-electron chi connectivity index (χ3n) is 8.48. The fraction of sp³-hybridized carbons (Fsp3) is 0. The molecule has 2 aromatic heterocycles. The molecule has 0 bridgehead atoms. The molecule has 0 aliphatic rings. The second kappa shape index (κ2) is 10.2. The number of rotatable bonds is 5. The van der Waals surface area contributed by atoms with Crippen LogP contribution in [0.15, 0.2) is 167 Å². The van der Waals surface area contributed by atoms with E-state index in [9.17, 15) is 0 Å². The Labute approximate surface area is 259 Å². The Kier molecular flexibility index (Phi) is 5.78. The number of furan rings is 1. The second-order valence-electron chi connectivity index (χ2n) is 11.2. The molecule has 2 heterocycles. The Hall–Kier alpha value is -6.13. The van der Waals surface area contributed by atoms with Gasteiger partial charge in [0.1, 0.15) is 16.7 Å². The van der Waals surface area contributed by atoms with E-state index in [4.69, 9.17) is 13.8 Å². The first-order chi connectivity index (χ1) is 22.3. The van der Waals surface area contributed by atoms with Crippen LogP contribution in [0, 0.1) is 0 Å². The summed E-state index contributed by atoms with van der Waals surface area (Å²) in [4.78, 5) is 7.12. The summed E-state index contributed by atoms with van der Waals surface area (Å²) >= 11 is 0. The minimum absolute atomic E-state index is 0.581. The Morgan fingerprint density at radius 3 is 2.00 bits per heavy atom. The topological polar surface area (TPSA) is 42.4 Å². The summed E-state index contributed by atoms with van der Waals surface area (Å²) in [6.45, 7) is 0. The average Bonchev–Trinajstić information content (AvgIpc) is 3.71. The molecule has 4 heteroatoms. The SMILES string of the molecule is c1ccc(-c2ccc(N(c3ccc4ccccc4c3)c3ccc4oc5cccc(-c6nc7ccccc7o6)c5c4c3)cc2)cc1. The van der Waals surface area contributed by atoms with E-state index in [0.29, 0.717) is 5.89 Å². The summed E-state index contributed by atoms with van der Waals surface area (Å²) in [6.07, 6.45) is 0. The molecule has 0 amide bonds. The second-order valence-corrected chi connectivity index (χ2v) is 11.2. The van der Waals surface area contributed by atoms with Crippen LogP contribution in [-0.2, 0) is 0 Å². The molecule has 9 aromatic rings. The van der Waals surface area contributed by atoms with E-state index in [0.717, 1.165) is 55.7 Å². The first-order valence-electron chi connectivity index (χ1n) is 15.0. The number of oxazole rings is 1. The highest BCUT2D eigenvalue weighted by molar-refractivity contribution is 6.13. The molecule has 0 unspecified atom stereocenters. The molecule has 0 N–H and O–H groups in total. The molecule has 0 aliphatic carbocycles. The van der Waals surface area contributed by atoms with Crippen molar-refractivity contribution in [1.29, 1.82) is 0 Å². The van der Waals surface area contributed by atoms with Gasteiger partial charge >= 0.3 is 0 Å². The van der Waals surface area contributed by atoms with E-state index in [2.05, 4.69) is 120 Å². The van der Waals surface area contributed by atoms with E-state index < -0.39 is 0 Å². The van der Waals surface area contributed by atoms with Crippen molar-refractivity contribution in [1.82, 2.24) is 4.98 Å². The minimum Gasteiger partial charge on any atom is -0.456 e.